The van der Waals surface area contributed by atoms with Crippen LogP contribution in [-0.2, 0) is 7.05 Å². The van der Waals surface area contributed by atoms with Crippen molar-refractivity contribution in [2.24, 2.45) is 7.05 Å². The first-order valence-electron chi connectivity index (χ1n) is 4.25. The summed E-state index contributed by atoms with van der Waals surface area (Å²) in [7, 11) is 1.95. The van der Waals surface area contributed by atoms with E-state index in [4.69, 9.17) is 0 Å². The molecular formula is C9H15Cl2N3. The molecule has 0 saturated heterocycles. The van der Waals surface area contributed by atoms with Crippen molar-refractivity contribution < 1.29 is 0 Å². The minimum atomic E-state index is 0. The lowest BCUT2D eigenvalue weighted by atomic mass is 10.0. The van der Waals surface area contributed by atoms with Gasteiger partial charge < -0.3 is 5.32 Å². The first-order valence-corrected chi connectivity index (χ1v) is 4.25. The summed E-state index contributed by atoms with van der Waals surface area (Å²) in [5.41, 5.74) is 2.68. The summed E-state index contributed by atoms with van der Waals surface area (Å²) in [6.07, 6.45) is 7.35. The molecule has 5 heteroatoms. The van der Waals surface area contributed by atoms with Crippen LogP contribution in [0.3, 0.4) is 0 Å². The van der Waals surface area contributed by atoms with E-state index in [1.807, 2.05) is 17.9 Å². The molecule has 2 heterocycles. The fourth-order valence-corrected chi connectivity index (χ4v) is 1.47. The molecule has 1 aromatic heterocycles. The van der Waals surface area contributed by atoms with E-state index in [9.17, 15) is 0 Å². The van der Waals surface area contributed by atoms with Crippen LogP contribution in [0.2, 0.25) is 0 Å². The van der Waals surface area contributed by atoms with Crippen LogP contribution in [0.5, 0.6) is 0 Å². The Balaban J connectivity index is 0.000000845. The Morgan fingerprint density at radius 1 is 1.43 bits per heavy atom. The zero-order chi connectivity index (χ0) is 8.39. The minimum Gasteiger partial charge on any atom is -0.313 e. The first kappa shape index (κ1) is 13.5. The van der Waals surface area contributed by atoms with E-state index in [0.717, 1.165) is 19.5 Å². The third kappa shape index (κ3) is 3.01. The fourth-order valence-electron chi connectivity index (χ4n) is 1.47. The number of nitrogens with one attached hydrogen (secondary N) is 1. The molecule has 0 spiro atoms. The van der Waals surface area contributed by atoms with Gasteiger partial charge in [-0.25, -0.2) is 0 Å². The van der Waals surface area contributed by atoms with Gasteiger partial charge in [0.2, 0.25) is 0 Å². The van der Waals surface area contributed by atoms with E-state index in [0.29, 0.717) is 0 Å². The molecule has 80 valence electrons. The van der Waals surface area contributed by atoms with E-state index < -0.39 is 0 Å². The Labute approximate surface area is 96.4 Å². The summed E-state index contributed by atoms with van der Waals surface area (Å²) in [6.45, 7) is 2.07. The van der Waals surface area contributed by atoms with Gasteiger partial charge in [-0.05, 0) is 18.5 Å². The summed E-state index contributed by atoms with van der Waals surface area (Å²) >= 11 is 0. The van der Waals surface area contributed by atoms with Crippen molar-refractivity contribution in [3.63, 3.8) is 0 Å². The molecule has 0 amide bonds. The molecule has 0 fully saturated rings. The average molecular weight is 236 g/mol. The second-order valence-corrected chi connectivity index (χ2v) is 3.09. The van der Waals surface area contributed by atoms with Crippen molar-refractivity contribution in [3.8, 4) is 0 Å². The molecule has 0 aromatic carbocycles. The zero-order valence-electron chi connectivity index (χ0n) is 8.06. The number of aromatic nitrogens is 2. The molecule has 1 N–H and O–H groups in total. The van der Waals surface area contributed by atoms with Crippen LogP contribution in [0.15, 0.2) is 18.5 Å². The summed E-state index contributed by atoms with van der Waals surface area (Å²) < 4.78 is 1.85. The maximum absolute atomic E-state index is 4.15. The zero-order valence-corrected chi connectivity index (χ0v) is 9.70. The molecule has 0 saturated carbocycles. The fraction of sp³-hybridized carbons (Fsp3) is 0.444. The number of halogens is 2. The molecule has 14 heavy (non-hydrogen) atoms. The average Bonchev–Trinajstić information content (AvgIpc) is 2.54. The van der Waals surface area contributed by atoms with Gasteiger partial charge >= 0.3 is 0 Å². The molecule has 0 aliphatic carbocycles. The van der Waals surface area contributed by atoms with Crippen molar-refractivity contribution in [1.29, 1.82) is 0 Å². The first-order chi connectivity index (χ1) is 5.86. The van der Waals surface area contributed by atoms with Gasteiger partial charge in [0.05, 0.1) is 6.20 Å². The quantitative estimate of drug-likeness (QED) is 0.803. The van der Waals surface area contributed by atoms with Crippen molar-refractivity contribution in [2.75, 3.05) is 13.1 Å². The van der Waals surface area contributed by atoms with E-state index >= 15 is 0 Å². The molecule has 1 aliphatic heterocycles. The van der Waals surface area contributed by atoms with E-state index in [1.54, 1.807) is 0 Å². The van der Waals surface area contributed by atoms with E-state index in [1.165, 1.54) is 11.1 Å². The highest BCUT2D eigenvalue weighted by Crippen LogP contribution is 2.17. The van der Waals surface area contributed by atoms with Gasteiger partial charge in [0.15, 0.2) is 0 Å². The Morgan fingerprint density at radius 3 is 2.71 bits per heavy atom. The maximum atomic E-state index is 4.15. The number of aryl methyl sites for hydroxylation is 1. The van der Waals surface area contributed by atoms with Gasteiger partial charge in [0, 0.05) is 25.4 Å². The van der Waals surface area contributed by atoms with Crippen molar-refractivity contribution >= 4 is 30.4 Å². The highest BCUT2D eigenvalue weighted by atomic mass is 35.5. The lowest BCUT2D eigenvalue weighted by Crippen LogP contribution is -2.19. The predicted molar refractivity (Wildman–Crippen MR) is 63.2 cm³/mol. The highest BCUT2D eigenvalue weighted by Gasteiger charge is 2.06. The van der Waals surface area contributed by atoms with E-state index in [-0.39, 0.29) is 24.8 Å². The Morgan fingerprint density at radius 2 is 2.21 bits per heavy atom. The van der Waals surface area contributed by atoms with Crippen molar-refractivity contribution in [1.82, 2.24) is 15.1 Å². The lowest BCUT2D eigenvalue weighted by Gasteiger charge is -2.11. The number of hydrogen-bond acceptors (Lipinski definition) is 2. The number of rotatable bonds is 1. The molecule has 0 atom stereocenters. The van der Waals surface area contributed by atoms with Gasteiger partial charge in [-0.15, -0.1) is 24.8 Å². The molecule has 3 nitrogen and oxygen atoms in total. The van der Waals surface area contributed by atoms with Crippen LogP contribution in [0.25, 0.3) is 5.57 Å². The Hall–Kier alpha value is -0.510. The summed E-state index contributed by atoms with van der Waals surface area (Å²) in [5, 5.41) is 7.43. The monoisotopic (exact) mass is 235 g/mol. The summed E-state index contributed by atoms with van der Waals surface area (Å²) in [6, 6.07) is 0. The third-order valence-electron chi connectivity index (χ3n) is 2.14. The maximum Gasteiger partial charge on any atom is 0.0564 e. The second-order valence-electron chi connectivity index (χ2n) is 3.09. The van der Waals surface area contributed by atoms with Crippen LogP contribution in [0, 0.1) is 0 Å². The van der Waals surface area contributed by atoms with Gasteiger partial charge in [-0.2, -0.15) is 5.10 Å². The molecule has 0 unspecified atom stereocenters. The molecule has 1 aromatic rings. The van der Waals surface area contributed by atoms with Gasteiger partial charge in [0.25, 0.3) is 0 Å². The van der Waals surface area contributed by atoms with Gasteiger partial charge in [-0.3, -0.25) is 4.68 Å². The minimum absolute atomic E-state index is 0. The largest absolute Gasteiger partial charge is 0.313 e. The van der Waals surface area contributed by atoms with Crippen LogP contribution in [0.1, 0.15) is 12.0 Å². The topological polar surface area (TPSA) is 29.9 Å². The van der Waals surface area contributed by atoms with Crippen LogP contribution in [-0.4, -0.2) is 22.9 Å². The number of hydrogen-bond donors (Lipinski definition) is 1. The third-order valence-corrected chi connectivity index (χ3v) is 2.14. The van der Waals surface area contributed by atoms with Crippen molar-refractivity contribution in [2.45, 2.75) is 6.42 Å². The Bertz CT molecular complexity index is 307. The summed E-state index contributed by atoms with van der Waals surface area (Å²) in [4.78, 5) is 0. The van der Waals surface area contributed by atoms with Crippen LogP contribution >= 0.6 is 24.8 Å². The van der Waals surface area contributed by atoms with Crippen LogP contribution in [0.4, 0.5) is 0 Å². The van der Waals surface area contributed by atoms with Gasteiger partial charge in [0.1, 0.15) is 0 Å². The Kier molecular flexibility index (Phi) is 5.84. The molecule has 0 bridgehead atoms. The summed E-state index contributed by atoms with van der Waals surface area (Å²) in [5.74, 6) is 0. The molecular weight excluding hydrogens is 221 g/mol. The normalized spacial score (nSPS) is 15.1. The molecule has 0 radical (unpaired) electrons. The predicted octanol–water partition coefficient (Wildman–Crippen LogP) is 1.64. The molecule has 1 aliphatic rings. The van der Waals surface area contributed by atoms with Crippen LogP contribution < -0.4 is 5.32 Å². The highest BCUT2D eigenvalue weighted by molar-refractivity contribution is 5.85. The lowest BCUT2D eigenvalue weighted by molar-refractivity contribution is 0.738. The smallest absolute Gasteiger partial charge is 0.0564 e. The van der Waals surface area contributed by atoms with Gasteiger partial charge in [-0.1, -0.05) is 6.08 Å². The van der Waals surface area contributed by atoms with Crippen molar-refractivity contribution in [3.05, 3.63) is 24.0 Å². The standard InChI is InChI=1S/C9H13N3.2ClH/c1-12-7-9(6-11-12)8-2-4-10-5-3-8;;/h2,6-7,10H,3-5H2,1H3;2*1H. The van der Waals surface area contributed by atoms with E-state index in [2.05, 4.69) is 22.7 Å². The molecule has 2 rings (SSSR count). The second kappa shape index (κ2) is 6.06. The SMILES string of the molecule is Cl.Cl.Cn1cc(C2=CCNCC2)cn1. The number of nitrogens with zero attached hydrogens (tertiary/aromatic N) is 2.